The second-order valence-corrected chi connectivity index (χ2v) is 11.2. The van der Waals surface area contributed by atoms with Crippen molar-refractivity contribution in [1.29, 1.82) is 0 Å². The van der Waals surface area contributed by atoms with E-state index in [1.807, 2.05) is 38.1 Å². The predicted octanol–water partition coefficient (Wildman–Crippen LogP) is 5.76. The molecule has 0 aliphatic rings. The van der Waals surface area contributed by atoms with E-state index in [9.17, 15) is 19.5 Å². The number of hydrogen-bond acceptors (Lipinski definition) is 5. The number of carbonyl (C=O) groups excluding carboxylic acids is 3. The van der Waals surface area contributed by atoms with E-state index in [1.54, 1.807) is 43.9 Å². The number of ether oxygens (including phenoxy) is 1. The summed E-state index contributed by atoms with van der Waals surface area (Å²) in [6.45, 7) is 15.2. The van der Waals surface area contributed by atoms with Crippen LogP contribution < -0.4 is 10.6 Å². The fourth-order valence-corrected chi connectivity index (χ4v) is 4.31. The SMILES string of the molecule is C=Cc1cccc(C(C(=O)NC(C)C)N(CCCCC)C(=O)C(Cc2ccc(O)cc2)NC(=O)OC(C)(C)C)c1. The Hall–Kier alpha value is -3.81. The van der Waals surface area contributed by atoms with Gasteiger partial charge in [-0.1, -0.05) is 62.8 Å². The Morgan fingerprint density at radius 1 is 1.05 bits per heavy atom. The third kappa shape index (κ3) is 10.4. The normalized spacial score (nSPS) is 12.8. The number of phenols is 1. The molecule has 0 bridgehead atoms. The summed E-state index contributed by atoms with van der Waals surface area (Å²) in [5.41, 5.74) is 1.45. The van der Waals surface area contributed by atoms with Crippen LogP contribution in [0.2, 0.25) is 0 Å². The number of alkyl carbamates (subject to hydrolysis) is 1. The summed E-state index contributed by atoms with van der Waals surface area (Å²) in [5, 5.41) is 15.5. The zero-order valence-corrected chi connectivity index (χ0v) is 24.7. The highest BCUT2D eigenvalue weighted by Crippen LogP contribution is 2.26. The van der Waals surface area contributed by atoms with Crippen LogP contribution in [0.3, 0.4) is 0 Å². The average molecular weight is 552 g/mol. The fourth-order valence-electron chi connectivity index (χ4n) is 4.31. The number of nitrogens with one attached hydrogen (secondary N) is 2. The van der Waals surface area contributed by atoms with Gasteiger partial charge in [-0.2, -0.15) is 0 Å². The molecule has 2 rings (SSSR count). The van der Waals surface area contributed by atoms with E-state index in [4.69, 9.17) is 4.74 Å². The quantitative estimate of drug-likeness (QED) is 0.275. The highest BCUT2D eigenvalue weighted by Gasteiger charge is 2.36. The van der Waals surface area contributed by atoms with E-state index in [2.05, 4.69) is 24.1 Å². The Balaban J connectivity index is 2.59. The number of benzene rings is 2. The van der Waals surface area contributed by atoms with Gasteiger partial charge in [0.25, 0.3) is 0 Å². The van der Waals surface area contributed by atoms with Gasteiger partial charge in [0.15, 0.2) is 0 Å². The minimum Gasteiger partial charge on any atom is -0.508 e. The number of nitrogens with zero attached hydrogens (tertiary/aromatic N) is 1. The maximum atomic E-state index is 14.4. The van der Waals surface area contributed by atoms with Crippen LogP contribution in [0, 0.1) is 0 Å². The monoisotopic (exact) mass is 551 g/mol. The second kappa shape index (κ2) is 15.1. The molecular weight excluding hydrogens is 506 g/mol. The zero-order valence-electron chi connectivity index (χ0n) is 24.7. The first kappa shape index (κ1) is 32.4. The lowest BCUT2D eigenvalue weighted by Gasteiger charge is -2.35. The molecule has 0 aliphatic heterocycles. The smallest absolute Gasteiger partial charge is 0.408 e. The molecule has 40 heavy (non-hydrogen) atoms. The Labute approximate surface area is 238 Å². The van der Waals surface area contributed by atoms with Crippen molar-refractivity contribution in [3.63, 3.8) is 0 Å². The summed E-state index contributed by atoms with van der Waals surface area (Å²) in [6, 6.07) is 11.8. The summed E-state index contributed by atoms with van der Waals surface area (Å²) in [5.74, 6) is -0.606. The van der Waals surface area contributed by atoms with Crippen molar-refractivity contribution in [2.45, 2.75) is 91.0 Å². The van der Waals surface area contributed by atoms with E-state index in [0.29, 0.717) is 18.5 Å². The van der Waals surface area contributed by atoms with Crippen LogP contribution in [0.4, 0.5) is 4.79 Å². The first-order chi connectivity index (χ1) is 18.8. The van der Waals surface area contributed by atoms with E-state index >= 15 is 0 Å². The lowest BCUT2D eigenvalue weighted by molar-refractivity contribution is -0.142. The molecule has 0 saturated carbocycles. The average Bonchev–Trinajstić information content (AvgIpc) is 2.87. The molecule has 3 amide bonds. The van der Waals surface area contributed by atoms with Crippen molar-refractivity contribution in [2.24, 2.45) is 0 Å². The molecule has 3 N–H and O–H groups in total. The Bertz CT molecular complexity index is 1140. The van der Waals surface area contributed by atoms with Crippen LogP contribution in [0.5, 0.6) is 5.75 Å². The maximum Gasteiger partial charge on any atom is 0.408 e. The molecule has 0 fully saturated rings. The largest absolute Gasteiger partial charge is 0.508 e. The van der Waals surface area contributed by atoms with E-state index in [1.165, 1.54) is 12.1 Å². The number of rotatable bonds is 13. The molecule has 2 aromatic carbocycles. The molecule has 2 atom stereocenters. The molecule has 0 aliphatic carbocycles. The van der Waals surface area contributed by atoms with Gasteiger partial charge in [0.1, 0.15) is 23.4 Å². The Morgan fingerprint density at radius 2 is 1.73 bits per heavy atom. The molecule has 2 aromatic rings. The van der Waals surface area contributed by atoms with Gasteiger partial charge in [-0.05, 0) is 75.9 Å². The summed E-state index contributed by atoms with van der Waals surface area (Å²) in [7, 11) is 0. The minimum atomic E-state index is -1.02. The van der Waals surface area contributed by atoms with Gasteiger partial charge in [-0.25, -0.2) is 4.79 Å². The maximum absolute atomic E-state index is 14.4. The molecule has 2 unspecified atom stereocenters. The van der Waals surface area contributed by atoms with Gasteiger partial charge in [-0.3, -0.25) is 9.59 Å². The van der Waals surface area contributed by atoms with Crippen molar-refractivity contribution in [1.82, 2.24) is 15.5 Å². The van der Waals surface area contributed by atoms with Crippen LogP contribution in [0.15, 0.2) is 55.1 Å². The van der Waals surface area contributed by atoms with Gasteiger partial charge in [-0.15, -0.1) is 0 Å². The van der Waals surface area contributed by atoms with Crippen molar-refractivity contribution in [3.8, 4) is 5.75 Å². The summed E-state index contributed by atoms with van der Waals surface area (Å²) in [4.78, 5) is 42.5. The number of amides is 3. The highest BCUT2D eigenvalue weighted by molar-refractivity contribution is 5.92. The topological polar surface area (TPSA) is 108 Å². The molecule has 0 heterocycles. The molecule has 0 saturated heterocycles. The summed E-state index contributed by atoms with van der Waals surface area (Å²) >= 11 is 0. The predicted molar refractivity (Wildman–Crippen MR) is 159 cm³/mol. The lowest BCUT2D eigenvalue weighted by atomic mass is 9.98. The Morgan fingerprint density at radius 3 is 2.30 bits per heavy atom. The minimum absolute atomic E-state index is 0.0976. The van der Waals surface area contributed by atoms with Crippen LogP contribution in [0.1, 0.15) is 83.5 Å². The van der Waals surface area contributed by atoms with Gasteiger partial charge in [0.05, 0.1) is 0 Å². The number of hydrogen-bond donors (Lipinski definition) is 3. The van der Waals surface area contributed by atoms with Crippen molar-refractivity contribution in [3.05, 3.63) is 71.8 Å². The number of unbranched alkanes of at least 4 members (excludes halogenated alkanes) is 2. The van der Waals surface area contributed by atoms with E-state index in [0.717, 1.165) is 24.0 Å². The molecule has 0 spiro atoms. The molecule has 0 aromatic heterocycles. The van der Waals surface area contributed by atoms with Gasteiger partial charge in [0.2, 0.25) is 11.8 Å². The van der Waals surface area contributed by atoms with Crippen molar-refractivity contribution >= 4 is 24.0 Å². The highest BCUT2D eigenvalue weighted by atomic mass is 16.6. The van der Waals surface area contributed by atoms with Crippen molar-refractivity contribution < 1.29 is 24.2 Å². The standard InChI is InChI=1S/C32H45N3O5/c1-8-10-11-19-35(28(29(37)33-22(3)4)25-14-12-13-23(9-2)20-25)30(38)27(34-31(39)40-32(5,6)7)21-24-15-17-26(36)18-16-24/h9,12-18,20,22,27-28,36H,2,8,10-11,19,21H2,1,3-7H3,(H,33,37)(H,34,39). The molecule has 218 valence electrons. The first-order valence-electron chi connectivity index (χ1n) is 13.9. The zero-order chi connectivity index (χ0) is 29.9. The van der Waals surface area contributed by atoms with Crippen LogP contribution in [-0.2, 0) is 20.7 Å². The Kier molecular flexibility index (Phi) is 12.2. The van der Waals surface area contributed by atoms with E-state index in [-0.39, 0.29) is 24.1 Å². The summed E-state index contributed by atoms with van der Waals surface area (Å²) < 4.78 is 5.48. The van der Waals surface area contributed by atoms with Crippen molar-refractivity contribution in [2.75, 3.05) is 6.54 Å². The molecule has 8 heteroatoms. The van der Waals surface area contributed by atoms with E-state index < -0.39 is 29.7 Å². The van der Waals surface area contributed by atoms with Crippen LogP contribution >= 0.6 is 0 Å². The lowest BCUT2D eigenvalue weighted by Crippen LogP contribution is -2.54. The molecule has 8 nitrogen and oxygen atoms in total. The number of aromatic hydroxyl groups is 1. The van der Waals surface area contributed by atoms with Gasteiger partial charge in [0, 0.05) is 19.0 Å². The van der Waals surface area contributed by atoms with Crippen LogP contribution in [0.25, 0.3) is 6.08 Å². The number of phenolic OH excluding ortho intramolecular Hbond substituents is 1. The first-order valence-corrected chi connectivity index (χ1v) is 13.9. The fraction of sp³-hybridized carbons (Fsp3) is 0.469. The molecular formula is C32H45N3O5. The second-order valence-electron chi connectivity index (χ2n) is 11.2. The summed E-state index contributed by atoms with van der Waals surface area (Å²) in [6.07, 6.45) is 3.61. The third-order valence-corrected chi connectivity index (χ3v) is 6.10. The third-order valence-electron chi connectivity index (χ3n) is 6.10. The van der Waals surface area contributed by atoms with Gasteiger partial charge < -0.3 is 25.4 Å². The van der Waals surface area contributed by atoms with Gasteiger partial charge >= 0.3 is 6.09 Å². The number of carbonyl (C=O) groups is 3. The van der Waals surface area contributed by atoms with Crippen LogP contribution in [-0.4, -0.2) is 52.1 Å². The molecule has 0 radical (unpaired) electrons.